The Kier molecular flexibility index (Phi) is 5.84. The molecule has 0 unspecified atom stereocenters. The summed E-state index contributed by atoms with van der Waals surface area (Å²) in [6.07, 6.45) is 0. The average molecular weight is 389 g/mol. The van der Waals surface area contributed by atoms with Crippen molar-refractivity contribution in [1.29, 1.82) is 0 Å². The van der Waals surface area contributed by atoms with Gasteiger partial charge in [-0.2, -0.15) is 5.10 Å². The van der Waals surface area contributed by atoms with Crippen LogP contribution in [-0.4, -0.2) is 41.6 Å². The van der Waals surface area contributed by atoms with E-state index in [9.17, 15) is 9.18 Å². The van der Waals surface area contributed by atoms with Crippen LogP contribution in [0, 0.1) is 18.7 Å². The van der Waals surface area contributed by atoms with E-state index < -0.39 is 0 Å². The van der Waals surface area contributed by atoms with Crippen molar-refractivity contribution in [2.45, 2.75) is 32.5 Å². The van der Waals surface area contributed by atoms with Gasteiger partial charge >= 0.3 is 0 Å². The summed E-state index contributed by atoms with van der Waals surface area (Å²) in [5.74, 6) is 0.541. The Morgan fingerprint density at radius 3 is 2.74 bits per heavy atom. The number of thioether (sulfide) groups is 1. The van der Waals surface area contributed by atoms with Crippen LogP contribution in [0.2, 0.25) is 0 Å². The number of benzene rings is 1. The van der Waals surface area contributed by atoms with Crippen LogP contribution in [0.25, 0.3) is 5.69 Å². The van der Waals surface area contributed by atoms with E-state index in [0.29, 0.717) is 29.1 Å². The molecule has 3 rings (SSSR count). The number of nitrogens with one attached hydrogen (secondary N) is 1. The standard InChI is InChI=1S/C17H20FN7OS/c1-11(2)9-24-17(20-22-23-24)27-10-16(26)19-15-8-12(3)21-25(15)14-6-4-13(18)5-7-14/h4-8,11H,9-10H2,1-3H3,(H,19,26). The minimum absolute atomic E-state index is 0.159. The SMILES string of the molecule is Cc1cc(NC(=O)CSc2nnnn2CC(C)C)n(-c2ccc(F)cc2)n1. The number of hydrogen-bond acceptors (Lipinski definition) is 6. The lowest BCUT2D eigenvalue weighted by atomic mass is 10.2. The van der Waals surface area contributed by atoms with Gasteiger partial charge in [0, 0.05) is 12.6 Å². The average Bonchev–Trinajstić information content (AvgIpc) is 3.19. The van der Waals surface area contributed by atoms with Gasteiger partial charge in [-0.3, -0.25) is 4.79 Å². The lowest BCUT2D eigenvalue weighted by Gasteiger charge is -2.09. The fourth-order valence-electron chi connectivity index (χ4n) is 2.44. The van der Waals surface area contributed by atoms with Crippen molar-refractivity contribution in [3.8, 4) is 5.69 Å². The number of carbonyl (C=O) groups is 1. The number of nitrogens with zero attached hydrogens (tertiary/aromatic N) is 6. The summed E-state index contributed by atoms with van der Waals surface area (Å²) in [7, 11) is 0. The molecule has 2 aromatic heterocycles. The molecule has 3 aromatic rings. The van der Waals surface area contributed by atoms with E-state index >= 15 is 0 Å². The van der Waals surface area contributed by atoms with Crippen molar-refractivity contribution < 1.29 is 9.18 Å². The first-order valence-electron chi connectivity index (χ1n) is 8.44. The van der Waals surface area contributed by atoms with Crippen molar-refractivity contribution in [2.75, 3.05) is 11.1 Å². The first-order chi connectivity index (χ1) is 12.9. The molecule has 0 fully saturated rings. The number of rotatable bonds is 7. The van der Waals surface area contributed by atoms with Crippen molar-refractivity contribution in [3.63, 3.8) is 0 Å². The first-order valence-corrected chi connectivity index (χ1v) is 9.42. The molecule has 1 N–H and O–H groups in total. The Hall–Kier alpha value is -2.75. The van der Waals surface area contributed by atoms with E-state index in [0.717, 1.165) is 5.69 Å². The second-order valence-corrected chi connectivity index (χ2v) is 7.38. The highest BCUT2D eigenvalue weighted by Crippen LogP contribution is 2.19. The number of aromatic nitrogens is 6. The zero-order chi connectivity index (χ0) is 19.4. The van der Waals surface area contributed by atoms with Gasteiger partial charge in [0.25, 0.3) is 0 Å². The van der Waals surface area contributed by atoms with E-state index in [4.69, 9.17) is 0 Å². The zero-order valence-corrected chi connectivity index (χ0v) is 16.1. The number of anilines is 1. The first kappa shape index (κ1) is 19.0. The third kappa shape index (κ3) is 4.91. The van der Waals surface area contributed by atoms with Crippen molar-refractivity contribution in [3.05, 3.63) is 41.8 Å². The van der Waals surface area contributed by atoms with E-state index in [1.807, 2.05) is 6.92 Å². The summed E-state index contributed by atoms with van der Waals surface area (Å²) < 4.78 is 16.4. The quantitative estimate of drug-likeness (QED) is 0.625. The molecule has 0 atom stereocenters. The van der Waals surface area contributed by atoms with Gasteiger partial charge in [0.15, 0.2) is 0 Å². The van der Waals surface area contributed by atoms with Crippen LogP contribution in [0.5, 0.6) is 0 Å². The van der Waals surface area contributed by atoms with Crippen LogP contribution in [0.1, 0.15) is 19.5 Å². The van der Waals surface area contributed by atoms with Crippen LogP contribution in [0.4, 0.5) is 10.2 Å². The third-order valence-corrected chi connectivity index (χ3v) is 4.50. The molecule has 0 bridgehead atoms. The van der Waals surface area contributed by atoms with Crippen LogP contribution in [0.15, 0.2) is 35.5 Å². The van der Waals surface area contributed by atoms with Crippen LogP contribution in [-0.2, 0) is 11.3 Å². The molecule has 1 amide bonds. The lowest BCUT2D eigenvalue weighted by Crippen LogP contribution is -2.17. The molecule has 142 valence electrons. The maximum absolute atomic E-state index is 13.1. The molecule has 10 heteroatoms. The smallest absolute Gasteiger partial charge is 0.236 e. The van der Waals surface area contributed by atoms with Crippen LogP contribution < -0.4 is 5.32 Å². The van der Waals surface area contributed by atoms with Gasteiger partial charge in [-0.25, -0.2) is 13.8 Å². The number of amides is 1. The maximum atomic E-state index is 13.1. The number of tetrazole rings is 1. The van der Waals surface area contributed by atoms with E-state index in [-0.39, 0.29) is 17.5 Å². The van der Waals surface area contributed by atoms with Gasteiger partial charge in [-0.15, -0.1) is 5.10 Å². The highest BCUT2D eigenvalue weighted by molar-refractivity contribution is 7.99. The second-order valence-electron chi connectivity index (χ2n) is 6.43. The van der Waals surface area contributed by atoms with E-state index in [2.05, 4.69) is 39.8 Å². The Labute approximate surface area is 160 Å². The lowest BCUT2D eigenvalue weighted by molar-refractivity contribution is -0.113. The molecule has 1 aromatic carbocycles. The third-order valence-electron chi connectivity index (χ3n) is 3.54. The predicted octanol–water partition coefficient (Wildman–Crippen LogP) is 2.69. The van der Waals surface area contributed by atoms with Gasteiger partial charge in [0.2, 0.25) is 11.1 Å². The molecule has 0 aliphatic rings. The van der Waals surface area contributed by atoms with Gasteiger partial charge in [-0.05, 0) is 47.5 Å². The molecule has 0 radical (unpaired) electrons. The van der Waals surface area contributed by atoms with Gasteiger partial charge in [-0.1, -0.05) is 25.6 Å². The Balaban J connectivity index is 1.67. The molecule has 27 heavy (non-hydrogen) atoms. The molecule has 0 aliphatic heterocycles. The highest BCUT2D eigenvalue weighted by atomic mass is 32.2. The molecular formula is C17H20FN7OS. The Morgan fingerprint density at radius 1 is 1.30 bits per heavy atom. The molecule has 0 saturated heterocycles. The molecule has 0 saturated carbocycles. The van der Waals surface area contributed by atoms with Crippen LogP contribution >= 0.6 is 11.8 Å². The molecule has 0 aliphatic carbocycles. The largest absolute Gasteiger partial charge is 0.310 e. The van der Waals surface area contributed by atoms with Gasteiger partial charge in [0.1, 0.15) is 11.6 Å². The molecule has 2 heterocycles. The van der Waals surface area contributed by atoms with Crippen molar-refractivity contribution in [2.24, 2.45) is 5.92 Å². The van der Waals surface area contributed by atoms with Crippen molar-refractivity contribution in [1.82, 2.24) is 30.0 Å². The summed E-state index contributed by atoms with van der Waals surface area (Å²) >= 11 is 1.27. The predicted molar refractivity (Wildman–Crippen MR) is 100 cm³/mol. The number of carbonyl (C=O) groups excluding carboxylic acids is 1. The maximum Gasteiger partial charge on any atom is 0.236 e. The number of aryl methyl sites for hydroxylation is 1. The number of hydrogen-bond donors (Lipinski definition) is 1. The fourth-order valence-corrected chi connectivity index (χ4v) is 3.12. The summed E-state index contributed by atoms with van der Waals surface area (Å²) in [4.78, 5) is 12.4. The number of halogens is 1. The monoisotopic (exact) mass is 389 g/mol. The summed E-state index contributed by atoms with van der Waals surface area (Å²) in [6, 6.07) is 7.66. The topological polar surface area (TPSA) is 90.5 Å². The van der Waals surface area contributed by atoms with Gasteiger partial charge < -0.3 is 5.32 Å². The minimum atomic E-state index is -0.330. The summed E-state index contributed by atoms with van der Waals surface area (Å²) in [5.41, 5.74) is 1.40. The highest BCUT2D eigenvalue weighted by Gasteiger charge is 2.14. The molecular weight excluding hydrogens is 369 g/mol. The van der Waals surface area contributed by atoms with Crippen molar-refractivity contribution >= 4 is 23.5 Å². The Bertz CT molecular complexity index is 920. The molecule has 8 nitrogen and oxygen atoms in total. The normalized spacial score (nSPS) is 11.1. The zero-order valence-electron chi connectivity index (χ0n) is 15.3. The summed E-state index contributed by atoms with van der Waals surface area (Å²) in [5, 5.41) is 19.4. The van der Waals surface area contributed by atoms with E-state index in [1.165, 1.54) is 23.9 Å². The van der Waals surface area contributed by atoms with E-state index in [1.54, 1.807) is 27.6 Å². The Morgan fingerprint density at radius 2 is 2.04 bits per heavy atom. The minimum Gasteiger partial charge on any atom is -0.310 e. The molecule has 0 spiro atoms. The van der Waals surface area contributed by atoms with Crippen LogP contribution in [0.3, 0.4) is 0 Å². The summed E-state index contributed by atoms with van der Waals surface area (Å²) in [6.45, 7) is 6.65. The van der Waals surface area contributed by atoms with Gasteiger partial charge in [0.05, 0.1) is 17.1 Å². The second kappa shape index (κ2) is 8.30. The fraction of sp³-hybridized carbons (Fsp3) is 0.353.